The number of ether oxygens (including phenoxy) is 2. The van der Waals surface area contributed by atoms with E-state index in [1.807, 2.05) is 59.5 Å². The number of nitrogens with one attached hydrogen (secondary N) is 1. The number of benzene rings is 2. The molecule has 2 aliphatic rings. The van der Waals surface area contributed by atoms with E-state index in [0.717, 1.165) is 25.7 Å². The molecule has 1 saturated heterocycles. The maximum Gasteiger partial charge on any atom is 0.254 e. The van der Waals surface area contributed by atoms with E-state index in [1.54, 1.807) is 7.11 Å². The number of amides is 2. The van der Waals surface area contributed by atoms with E-state index in [1.165, 1.54) is 6.42 Å². The summed E-state index contributed by atoms with van der Waals surface area (Å²) in [5.74, 6) is 1.57. The van der Waals surface area contributed by atoms with Gasteiger partial charge < -0.3 is 19.7 Å². The highest BCUT2D eigenvalue weighted by Crippen LogP contribution is 2.40. The molecule has 0 spiro atoms. The summed E-state index contributed by atoms with van der Waals surface area (Å²) in [5, 5.41) is 2.98. The summed E-state index contributed by atoms with van der Waals surface area (Å²) >= 11 is 0. The first kappa shape index (κ1) is 21.2. The fraction of sp³-hybridized carbons (Fsp3) is 0.440. The van der Waals surface area contributed by atoms with E-state index in [9.17, 15) is 9.59 Å². The summed E-state index contributed by atoms with van der Waals surface area (Å²) in [6.45, 7) is 0.703. The fourth-order valence-corrected chi connectivity index (χ4v) is 4.91. The molecule has 1 N–H and O–H groups in total. The largest absolute Gasteiger partial charge is 0.493 e. The van der Waals surface area contributed by atoms with Crippen LogP contribution < -0.4 is 14.8 Å². The number of carbonyl (C=O) groups excluding carboxylic acids is 2. The van der Waals surface area contributed by atoms with Crippen molar-refractivity contribution in [3.8, 4) is 11.5 Å². The Morgan fingerprint density at radius 3 is 2.48 bits per heavy atom. The van der Waals surface area contributed by atoms with Gasteiger partial charge in [0.05, 0.1) is 13.7 Å². The number of fused-ring (bicyclic) bond motifs is 1. The number of hydrogen-bond acceptors (Lipinski definition) is 4. The number of likely N-dealkylation sites (tertiary alicyclic amines) is 1. The second-order valence-corrected chi connectivity index (χ2v) is 8.23. The summed E-state index contributed by atoms with van der Waals surface area (Å²) in [4.78, 5) is 28.3. The van der Waals surface area contributed by atoms with Gasteiger partial charge in [0.1, 0.15) is 12.6 Å². The molecule has 1 aliphatic carbocycles. The number of hydrogen-bond donors (Lipinski definition) is 1. The van der Waals surface area contributed by atoms with E-state index in [4.69, 9.17) is 9.47 Å². The lowest BCUT2D eigenvalue weighted by atomic mass is 9.84. The minimum atomic E-state index is -0.424. The molecule has 164 valence electrons. The van der Waals surface area contributed by atoms with Crippen LogP contribution in [0.2, 0.25) is 0 Å². The third-order valence-corrected chi connectivity index (χ3v) is 6.37. The van der Waals surface area contributed by atoms with Gasteiger partial charge in [0, 0.05) is 11.6 Å². The molecule has 0 radical (unpaired) electrons. The first-order valence-corrected chi connectivity index (χ1v) is 11.1. The molecule has 0 bridgehead atoms. The Hall–Kier alpha value is -3.02. The van der Waals surface area contributed by atoms with Crippen LogP contribution in [0.5, 0.6) is 11.5 Å². The molecule has 4 rings (SSSR count). The van der Waals surface area contributed by atoms with Crippen molar-refractivity contribution in [1.82, 2.24) is 10.2 Å². The Morgan fingerprint density at radius 1 is 1.00 bits per heavy atom. The molecule has 2 fully saturated rings. The highest BCUT2D eigenvalue weighted by Gasteiger charge is 2.47. The Morgan fingerprint density at radius 2 is 1.71 bits per heavy atom. The summed E-state index contributed by atoms with van der Waals surface area (Å²) < 4.78 is 11.0. The van der Waals surface area contributed by atoms with Gasteiger partial charge in [-0.05, 0) is 49.4 Å². The Kier molecular flexibility index (Phi) is 6.75. The smallest absolute Gasteiger partial charge is 0.254 e. The average Bonchev–Trinajstić information content (AvgIpc) is 3.21. The average molecular weight is 423 g/mol. The minimum Gasteiger partial charge on any atom is -0.493 e. The summed E-state index contributed by atoms with van der Waals surface area (Å²) in [6.07, 6.45) is 5.09. The van der Waals surface area contributed by atoms with Crippen molar-refractivity contribution < 1.29 is 19.1 Å². The zero-order chi connectivity index (χ0) is 21.6. The lowest BCUT2D eigenvalue weighted by molar-refractivity contribution is -0.125. The van der Waals surface area contributed by atoms with E-state index in [2.05, 4.69) is 5.32 Å². The van der Waals surface area contributed by atoms with E-state index >= 15 is 0 Å². The number of methoxy groups -OCH3 is 1. The lowest BCUT2D eigenvalue weighted by Gasteiger charge is -2.33. The first-order chi connectivity index (χ1) is 15.2. The molecular formula is C25H30N2O4. The maximum atomic E-state index is 13.3. The van der Waals surface area contributed by atoms with Crippen LogP contribution in [0.25, 0.3) is 0 Å². The van der Waals surface area contributed by atoms with Crippen LogP contribution in [0.1, 0.15) is 42.5 Å². The van der Waals surface area contributed by atoms with Gasteiger partial charge in [-0.25, -0.2) is 0 Å². The fourth-order valence-electron chi connectivity index (χ4n) is 4.91. The van der Waals surface area contributed by atoms with Crippen LogP contribution in [-0.4, -0.2) is 49.1 Å². The van der Waals surface area contributed by atoms with Crippen LogP contribution in [0.15, 0.2) is 54.6 Å². The lowest BCUT2D eigenvalue weighted by Crippen LogP contribution is -2.50. The van der Waals surface area contributed by atoms with Gasteiger partial charge in [-0.3, -0.25) is 9.59 Å². The van der Waals surface area contributed by atoms with Crippen LogP contribution in [-0.2, 0) is 4.79 Å². The van der Waals surface area contributed by atoms with Gasteiger partial charge in [0.15, 0.2) is 11.5 Å². The minimum absolute atomic E-state index is 0.0413. The summed E-state index contributed by atoms with van der Waals surface area (Å²) in [6, 6.07) is 16.4. The molecule has 1 heterocycles. The molecule has 2 aromatic rings. The number of para-hydroxylation sites is 2. The van der Waals surface area contributed by atoms with E-state index < -0.39 is 6.04 Å². The van der Waals surface area contributed by atoms with E-state index in [-0.39, 0.29) is 17.9 Å². The normalized spacial score (nSPS) is 22.5. The third-order valence-electron chi connectivity index (χ3n) is 6.37. The molecule has 3 unspecified atom stereocenters. The monoisotopic (exact) mass is 422 g/mol. The van der Waals surface area contributed by atoms with Crippen LogP contribution in [0.4, 0.5) is 0 Å². The summed E-state index contributed by atoms with van der Waals surface area (Å²) in [5.41, 5.74) is 0.644. The quantitative estimate of drug-likeness (QED) is 0.692. The van der Waals surface area contributed by atoms with Gasteiger partial charge in [-0.2, -0.15) is 0 Å². The Bertz CT molecular complexity index is 901. The second-order valence-electron chi connectivity index (χ2n) is 8.23. The van der Waals surface area contributed by atoms with Gasteiger partial charge in [0.2, 0.25) is 5.91 Å². The van der Waals surface area contributed by atoms with Crippen LogP contribution >= 0.6 is 0 Å². The van der Waals surface area contributed by atoms with Crippen molar-refractivity contribution in [3.05, 3.63) is 60.2 Å². The first-order valence-electron chi connectivity index (χ1n) is 11.1. The van der Waals surface area contributed by atoms with Crippen LogP contribution in [0, 0.1) is 5.92 Å². The zero-order valence-corrected chi connectivity index (χ0v) is 18.0. The van der Waals surface area contributed by atoms with Crippen molar-refractivity contribution in [2.24, 2.45) is 5.92 Å². The molecule has 6 heteroatoms. The second kappa shape index (κ2) is 9.86. The Labute approximate surface area is 183 Å². The molecular weight excluding hydrogens is 392 g/mol. The molecule has 1 saturated carbocycles. The molecule has 2 aromatic carbocycles. The van der Waals surface area contributed by atoms with Gasteiger partial charge in [-0.1, -0.05) is 43.2 Å². The van der Waals surface area contributed by atoms with Gasteiger partial charge in [0.25, 0.3) is 5.91 Å². The van der Waals surface area contributed by atoms with Crippen molar-refractivity contribution in [3.63, 3.8) is 0 Å². The van der Waals surface area contributed by atoms with Crippen molar-refractivity contribution >= 4 is 11.8 Å². The van der Waals surface area contributed by atoms with E-state index in [0.29, 0.717) is 36.1 Å². The zero-order valence-electron chi connectivity index (χ0n) is 18.0. The Balaban J connectivity index is 1.40. The molecule has 6 nitrogen and oxygen atoms in total. The number of carbonyl (C=O) groups is 2. The standard InChI is InChI=1S/C25H30N2O4/c1-30-22-13-7-8-14-23(22)31-16-15-26-24(28)21-17-19-11-5-6-12-20(19)27(21)25(29)18-9-3-2-4-10-18/h2-4,7-10,13-14,19-21H,5-6,11-12,15-17H2,1H3,(H,26,28). The molecule has 1 aliphatic heterocycles. The predicted molar refractivity (Wildman–Crippen MR) is 118 cm³/mol. The molecule has 0 aromatic heterocycles. The topological polar surface area (TPSA) is 67.9 Å². The molecule has 3 atom stereocenters. The van der Waals surface area contributed by atoms with Crippen LogP contribution in [0.3, 0.4) is 0 Å². The van der Waals surface area contributed by atoms with Gasteiger partial charge >= 0.3 is 0 Å². The highest BCUT2D eigenvalue weighted by atomic mass is 16.5. The third kappa shape index (κ3) is 4.68. The number of nitrogens with zero attached hydrogens (tertiary/aromatic N) is 1. The van der Waals surface area contributed by atoms with Crippen molar-refractivity contribution in [1.29, 1.82) is 0 Å². The van der Waals surface area contributed by atoms with Crippen molar-refractivity contribution in [2.45, 2.75) is 44.2 Å². The maximum absolute atomic E-state index is 13.3. The SMILES string of the molecule is COc1ccccc1OCCNC(=O)C1CC2CCCCC2N1C(=O)c1ccccc1. The predicted octanol–water partition coefficient (Wildman–Crippen LogP) is 3.66. The molecule has 2 amide bonds. The van der Waals surface area contributed by atoms with Crippen molar-refractivity contribution in [2.75, 3.05) is 20.3 Å². The van der Waals surface area contributed by atoms with Gasteiger partial charge in [-0.15, -0.1) is 0 Å². The number of rotatable bonds is 7. The highest BCUT2D eigenvalue weighted by molar-refractivity contribution is 5.98. The summed E-state index contributed by atoms with van der Waals surface area (Å²) in [7, 11) is 1.60. The molecule has 31 heavy (non-hydrogen) atoms.